The highest BCUT2D eigenvalue weighted by Gasteiger charge is 2.11. The molecule has 3 nitrogen and oxygen atoms in total. The molecule has 1 amide bonds. The van der Waals surface area contributed by atoms with Gasteiger partial charge in [0.2, 0.25) is 5.91 Å². The summed E-state index contributed by atoms with van der Waals surface area (Å²) in [7, 11) is 1.78. The van der Waals surface area contributed by atoms with Crippen LogP contribution in [0.25, 0.3) is 0 Å². The maximum absolute atomic E-state index is 11.2. The first kappa shape index (κ1) is 10.6. The molecule has 0 heterocycles. The summed E-state index contributed by atoms with van der Waals surface area (Å²) in [4.78, 5) is 11.2. The summed E-state index contributed by atoms with van der Waals surface area (Å²) in [6.45, 7) is 4.36. The van der Waals surface area contributed by atoms with Crippen LogP contribution in [0.4, 0.5) is 5.69 Å². The first-order valence-electron chi connectivity index (χ1n) is 4.73. The maximum atomic E-state index is 11.2. The second kappa shape index (κ2) is 4.65. The van der Waals surface area contributed by atoms with Crippen molar-refractivity contribution in [1.82, 2.24) is 5.01 Å². The number of carbonyl (C=O) groups is 1. The topological polar surface area (TPSA) is 23.6 Å². The lowest BCUT2D eigenvalue weighted by atomic mass is 10.3. The zero-order chi connectivity index (χ0) is 10.6. The van der Waals surface area contributed by atoms with Crippen molar-refractivity contribution >= 4 is 11.6 Å². The average molecular weight is 192 g/mol. The number of anilines is 1. The van der Waals surface area contributed by atoms with Gasteiger partial charge >= 0.3 is 0 Å². The van der Waals surface area contributed by atoms with E-state index in [4.69, 9.17) is 0 Å². The standard InChI is InChI=1S/C11H16N2O/c1-4-13(12(3)10(2)14)11-8-6-5-7-9-11/h5-9H,4H2,1-3H3. The van der Waals surface area contributed by atoms with Crippen LogP contribution in [0, 0.1) is 0 Å². The molecule has 0 aliphatic carbocycles. The molecule has 76 valence electrons. The van der Waals surface area contributed by atoms with Gasteiger partial charge in [0.1, 0.15) is 0 Å². The quantitative estimate of drug-likeness (QED) is 0.683. The molecule has 0 bridgehead atoms. The lowest BCUT2D eigenvalue weighted by Crippen LogP contribution is -2.42. The summed E-state index contributed by atoms with van der Waals surface area (Å²) in [6.07, 6.45) is 0. The molecule has 0 spiro atoms. The van der Waals surface area contributed by atoms with Gasteiger partial charge in [0.25, 0.3) is 0 Å². The molecule has 3 heteroatoms. The molecular weight excluding hydrogens is 176 g/mol. The third-order valence-corrected chi connectivity index (χ3v) is 2.17. The van der Waals surface area contributed by atoms with Crippen molar-refractivity contribution < 1.29 is 4.79 Å². The van der Waals surface area contributed by atoms with Crippen LogP contribution in [0.3, 0.4) is 0 Å². The van der Waals surface area contributed by atoms with Crippen molar-refractivity contribution in [3.8, 4) is 0 Å². The minimum atomic E-state index is 0.0377. The number of rotatable bonds is 3. The Morgan fingerprint density at radius 2 is 1.86 bits per heavy atom. The van der Waals surface area contributed by atoms with Crippen molar-refractivity contribution in [1.29, 1.82) is 0 Å². The Balaban J connectivity index is 2.87. The summed E-state index contributed by atoms with van der Waals surface area (Å²) in [5, 5.41) is 3.55. The van der Waals surface area contributed by atoms with E-state index in [0.29, 0.717) is 0 Å². The third-order valence-electron chi connectivity index (χ3n) is 2.17. The number of nitrogens with zero attached hydrogens (tertiary/aromatic N) is 2. The minimum absolute atomic E-state index is 0.0377. The van der Waals surface area contributed by atoms with E-state index < -0.39 is 0 Å². The van der Waals surface area contributed by atoms with E-state index in [0.717, 1.165) is 12.2 Å². The highest BCUT2D eigenvalue weighted by atomic mass is 16.2. The first-order valence-corrected chi connectivity index (χ1v) is 4.73. The van der Waals surface area contributed by atoms with E-state index in [9.17, 15) is 4.79 Å². The predicted molar refractivity (Wildman–Crippen MR) is 57.9 cm³/mol. The molecule has 1 aromatic rings. The second-order valence-corrected chi connectivity index (χ2v) is 3.09. The predicted octanol–water partition coefficient (Wildman–Crippen LogP) is 1.91. The zero-order valence-corrected chi connectivity index (χ0v) is 8.90. The summed E-state index contributed by atoms with van der Waals surface area (Å²) in [5.74, 6) is 0.0377. The van der Waals surface area contributed by atoms with Crippen molar-refractivity contribution in [2.24, 2.45) is 0 Å². The fourth-order valence-corrected chi connectivity index (χ4v) is 1.34. The number of hydrogen-bond acceptors (Lipinski definition) is 2. The van der Waals surface area contributed by atoms with Gasteiger partial charge in [0.05, 0.1) is 5.69 Å². The van der Waals surface area contributed by atoms with Crippen LogP contribution in [0.1, 0.15) is 13.8 Å². The SMILES string of the molecule is CCN(c1ccccc1)N(C)C(C)=O. The Morgan fingerprint density at radius 3 is 2.29 bits per heavy atom. The summed E-state index contributed by atoms with van der Waals surface area (Å²) in [5.41, 5.74) is 1.03. The van der Waals surface area contributed by atoms with E-state index in [-0.39, 0.29) is 5.91 Å². The van der Waals surface area contributed by atoms with E-state index >= 15 is 0 Å². The van der Waals surface area contributed by atoms with Gasteiger partial charge in [-0.15, -0.1) is 0 Å². The van der Waals surface area contributed by atoms with Crippen molar-refractivity contribution in [3.05, 3.63) is 30.3 Å². The maximum Gasteiger partial charge on any atom is 0.237 e. The van der Waals surface area contributed by atoms with Crippen LogP contribution in [0.2, 0.25) is 0 Å². The lowest BCUT2D eigenvalue weighted by molar-refractivity contribution is -0.128. The van der Waals surface area contributed by atoms with E-state index in [1.54, 1.807) is 19.0 Å². The third kappa shape index (κ3) is 2.25. The Kier molecular flexibility index (Phi) is 3.51. The fourth-order valence-electron chi connectivity index (χ4n) is 1.34. The van der Waals surface area contributed by atoms with Gasteiger partial charge in [-0.1, -0.05) is 18.2 Å². The van der Waals surface area contributed by atoms with Crippen LogP contribution in [0.15, 0.2) is 30.3 Å². The molecule has 0 radical (unpaired) electrons. The molecule has 1 aromatic carbocycles. The molecule has 1 rings (SSSR count). The Labute approximate surface area is 84.9 Å². The highest BCUT2D eigenvalue weighted by molar-refractivity contribution is 5.75. The van der Waals surface area contributed by atoms with Gasteiger partial charge in [-0.05, 0) is 19.1 Å². The Bertz CT molecular complexity index is 297. The van der Waals surface area contributed by atoms with Gasteiger partial charge in [-0.25, -0.2) is 0 Å². The number of benzene rings is 1. The van der Waals surface area contributed by atoms with Crippen LogP contribution in [-0.2, 0) is 4.79 Å². The Hall–Kier alpha value is -1.51. The van der Waals surface area contributed by atoms with Crippen molar-refractivity contribution in [3.63, 3.8) is 0 Å². The zero-order valence-electron chi connectivity index (χ0n) is 8.90. The molecule has 0 saturated heterocycles. The minimum Gasteiger partial charge on any atom is -0.284 e. The Morgan fingerprint density at radius 1 is 1.29 bits per heavy atom. The molecule has 0 aliphatic rings. The van der Waals surface area contributed by atoms with Crippen LogP contribution >= 0.6 is 0 Å². The number of hydrazine groups is 1. The molecule has 0 saturated carbocycles. The van der Waals surface area contributed by atoms with Crippen LogP contribution in [-0.4, -0.2) is 24.5 Å². The molecule has 0 fully saturated rings. The van der Waals surface area contributed by atoms with E-state index in [1.165, 1.54) is 0 Å². The van der Waals surface area contributed by atoms with E-state index in [1.807, 2.05) is 42.3 Å². The molecular formula is C11H16N2O. The number of hydrogen-bond donors (Lipinski definition) is 0. The smallest absolute Gasteiger partial charge is 0.237 e. The molecule has 0 unspecified atom stereocenters. The van der Waals surface area contributed by atoms with Gasteiger partial charge in [-0.3, -0.25) is 14.8 Å². The number of para-hydroxylation sites is 1. The first-order chi connectivity index (χ1) is 6.66. The summed E-state index contributed by atoms with van der Waals surface area (Å²) in [6, 6.07) is 9.87. The molecule has 0 N–H and O–H groups in total. The van der Waals surface area contributed by atoms with Crippen molar-refractivity contribution in [2.45, 2.75) is 13.8 Å². The monoisotopic (exact) mass is 192 g/mol. The second-order valence-electron chi connectivity index (χ2n) is 3.09. The van der Waals surface area contributed by atoms with Crippen LogP contribution in [0.5, 0.6) is 0 Å². The molecule has 0 aromatic heterocycles. The fraction of sp³-hybridized carbons (Fsp3) is 0.364. The number of carbonyl (C=O) groups excluding carboxylic acids is 1. The number of amides is 1. The molecule has 0 atom stereocenters. The molecule has 14 heavy (non-hydrogen) atoms. The normalized spacial score (nSPS) is 9.64. The highest BCUT2D eigenvalue weighted by Crippen LogP contribution is 2.14. The summed E-state index contributed by atoms with van der Waals surface area (Å²) >= 11 is 0. The average Bonchev–Trinajstić information content (AvgIpc) is 2.20. The summed E-state index contributed by atoms with van der Waals surface area (Å²) < 4.78 is 0. The van der Waals surface area contributed by atoms with E-state index in [2.05, 4.69) is 0 Å². The van der Waals surface area contributed by atoms with Gasteiger partial charge < -0.3 is 0 Å². The van der Waals surface area contributed by atoms with Gasteiger partial charge in [-0.2, -0.15) is 0 Å². The largest absolute Gasteiger partial charge is 0.284 e. The lowest BCUT2D eigenvalue weighted by Gasteiger charge is -2.31. The van der Waals surface area contributed by atoms with Gasteiger partial charge in [0, 0.05) is 20.5 Å². The van der Waals surface area contributed by atoms with Crippen molar-refractivity contribution in [2.75, 3.05) is 18.6 Å². The van der Waals surface area contributed by atoms with Gasteiger partial charge in [0.15, 0.2) is 0 Å². The molecule has 0 aliphatic heterocycles. The van der Waals surface area contributed by atoms with Crippen LogP contribution < -0.4 is 5.01 Å².